The number of halogens is 4. The van der Waals surface area contributed by atoms with Crippen LogP contribution < -0.4 is 4.74 Å². The van der Waals surface area contributed by atoms with Crippen LogP contribution in [0.15, 0.2) is 22.2 Å². The SMILES string of the molecule is Cc1cc(Br)cc2c1O[C@H](C(F)(F)F)C(C(=O)OCOC(=O)OCCSCCO[N+](=O)[O-])=C2. The number of ether oxygens (including phenoxy) is 4. The third-order valence-electron chi connectivity index (χ3n) is 3.87. The lowest BCUT2D eigenvalue weighted by atomic mass is 9.99. The van der Waals surface area contributed by atoms with Crippen LogP contribution in [0.3, 0.4) is 0 Å². The molecule has 15 heteroatoms. The van der Waals surface area contributed by atoms with E-state index in [9.17, 15) is 32.9 Å². The fourth-order valence-corrected chi connectivity index (χ4v) is 3.76. The van der Waals surface area contributed by atoms with Crippen molar-refractivity contribution in [1.29, 1.82) is 0 Å². The highest BCUT2D eigenvalue weighted by molar-refractivity contribution is 9.10. The van der Waals surface area contributed by atoms with E-state index in [1.807, 2.05) is 0 Å². The van der Waals surface area contributed by atoms with Crippen LogP contribution >= 0.6 is 27.7 Å². The summed E-state index contributed by atoms with van der Waals surface area (Å²) in [5, 5.41) is 9.03. The van der Waals surface area contributed by atoms with Gasteiger partial charge in [-0.2, -0.15) is 24.9 Å². The third-order valence-corrected chi connectivity index (χ3v) is 5.24. The topological polar surface area (TPSA) is 123 Å². The lowest BCUT2D eigenvalue weighted by Gasteiger charge is -2.28. The van der Waals surface area contributed by atoms with Gasteiger partial charge in [0, 0.05) is 21.5 Å². The zero-order valence-corrected chi connectivity index (χ0v) is 19.3. The summed E-state index contributed by atoms with van der Waals surface area (Å²) >= 11 is 4.43. The number of alkyl halides is 3. The summed E-state index contributed by atoms with van der Waals surface area (Å²) in [6.07, 6.45) is -7.66. The van der Waals surface area contributed by atoms with Gasteiger partial charge in [-0.3, -0.25) is 0 Å². The molecule has 182 valence electrons. The van der Waals surface area contributed by atoms with Gasteiger partial charge < -0.3 is 23.8 Å². The maximum Gasteiger partial charge on any atom is 0.511 e. The molecule has 1 aliphatic rings. The monoisotopic (exact) mass is 559 g/mol. The number of hydrogen-bond acceptors (Lipinski definition) is 10. The Bertz CT molecular complexity index is 926. The van der Waals surface area contributed by atoms with Gasteiger partial charge in [0.15, 0.2) is 0 Å². The molecule has 0 amide bonds. The largest absolute Gasteiger partial charge is 0.511 e. The van der Waals surface area contributed by atoms with Crippen molar-refractivity contribution in [3.63, 3.8) is 0 Å². The van der Waals surface area contributed by atoms with Crippen LogP contribution in [0.4, 0.5) is 18.0 Å². The Balaban J connectivity index is 1.85. The van der Waals surface area contributed by atoms with E-state index in [2.05, 4.69) is 35.0 Å². The maximum atomic E-state index is 13.5. The molecule has 1 aliphatic heterocycles. The molecule has 0 saturated heterocycles. The molecule has 1 aromatic rings. The van der Waals surface area contributed by atoms with E-state index < -0.39 is 41.9 Å². The number of hydrogen-bond donors (Lipinski definition) is 0. The molecular formula is C18H17BrF3NO9S. The number of thioether (sulfide) groups is 1. The van der Waals surface area contributed by atoms with Crippen molar-refractivity contribution in [2.24, 2.45) is 0 Å². The number of aryl methyl sites for hydroxylation is 1. The number of carbonyl (C=O) groups excluding carboxylic acids is 2. The minimum Gasteiger partial charge on any atom is -0.475 e. The summed E-state index contributed by atoms with van der Waals surface area (Å²) in [5.41, 5.74) is -0.125. The quantitative estimate of drug-likeness (QED) is 0.136. The summed E-state index contributed by atoms with van der Waals surface area (Å²) in [7, 11) is 0. The van der Waals surface area contributed by atoms with Gasteiger partial charge in [0.05, 0.1) is 5.57 Å². The first-order valence-electron chi connectivity index (χ1n) is 9.06. The van der Waals surface area contributed by atoms with Gasteiger partial charge in [-0.25, -0.2) is 9.59 Å². The summed E-state index contributed by atoms with van der Waals surface area (Å²) in [5.74, 6) is -0.829. The Kier molecular flexibility index (Phi) is 9.64. The Labute approximate surface area is 197 Å². The molecule has 33 heavy (non-hydrogen) atoms. The minimum absolute atomic E-state index is 0.0142. The van der Waals surface area contributed by atoms with Gasteiger partial charge >= 0.3 is 18.3 Å². The van der Waals surface area contributed by atoms with E-state index in [0.717, 1.165) is 6.08 Å². The van der Waals surface area contributed by atoms with Gasteiger partial charge in [-0.1, -0.05) is 15.9 Å². The number of rotatable bonds is 10. The fourth-order valence-electron chi connectivity index (χ4n) is 2.57. The molecule has 0 radical (unpaired) electrons. The standard InChI is InChI=1S/C18H17BrF3NO9S/c1-10-6-12(19)7-11-8-13(15(18(20,21)22)32-14(10)11)16(24)29-9-30-17(25)28-2-4-33-5-3-31-23(26)27/h6-8,15H,2-5,9H2,1H3/t15-/m0/s1. The predicted molar refractivity (Wildman–Crippen MR) is 111 cm³/mol. The van der Waals surface area contributed by atoms with Crippen LogP contribution in [0.5, 0.6) is 5.75 Å². The van der Waals surface area contributed by atoms with Crippen molar-refractivity contribution in [2.45, 2.75) is 19.2 Å². The number of esters is 1. The second-order valence-corrected chi connectivity index (χ2v) is 8.38. The Morgan fingerprint density at radius 2 is 1.91 bits per heavy atom. The number of carbonyl (C=O) groups is 2. The van der Waals surface area contributed by atoms with Crippen molar-refractivity contribution in [3.8, 4) is 5.75 Å². The molecule has 2 rings (SSSR count). The van der Waals surface area contributed by atoms with Crippen molar-refractivity contribution >= 4 is 45.9 Å². The Hall–Kier alpha value is -2.68. The minimum atomic E-state index is -4.90. The molecule has 0 aromatic heterocycles. The molecule has 0 saturated carbocycles. The first-order valence-corrected chi connectivity index (χ1v) is 11.0. The van der Waals surface area contributed by atoms with Crippen LogP contribution in [-0.2, 0) is 23.8 Å². The molecule has 0 unspecified atom stereocenters. The normalized spacial score (nSPS) is 14.9. The van der Waals surface area contributed by atoms with E-state index in [1.54, 1.807) is 13.0 Å². The highest BCUT2D eigenvalue weighted by Crippen LogP contribution is 2.40. The molecule has 1 atom stereocenters. The van der Waals surface area contributed by atoms with Crippen LogP contribution in [0.25, 0.3) is 6.08 Å². The number of fused-ring (bicyclic) bond motifs is 1. The van der Waals surface area contributed by atoms with Crippen LogP contribution in [0.1, 0.15) is 11.1 Å². The fraction of sp³-hybridized carbons (Fsp3) is 0.444. The van der Waals surface area contributed by atoms with Gasteiger partial charge in [0.25, 0.3) is 5.09 Å². The molecule has 0 aliphatic carbocycles. The molecule has 0 spiro atoms. The summed E-state index contributed by atoms with van der Waals surface area (Å²) in [4.78, 5) is 37.8. The van der Waals surface area contributed by atoms with Crippen LogP contribution in [-0.4, -0.2) is 61.0 Å². The lowest BCUT2D eigenvalue weighted by Crippen LogP contribution is -2.41. The van der Waals surface area contributed by atoms with Crippen molar-refractivity contribution < 1.29 is 51.6 Å². The van der Waals surface area contributed by atoms with Crippen LogP contribution in [0.2, 0.25) is 0 Å². The second-order valence-electron chi connectivity index (χ2n) is 6.24. The first kappa shape index (κ1) is 26.6. The van der Waals surface area contributed by atoms with E-state index in [1.165, 1.54) is 17.8 Å². The van der Waals surface area contributed by atoms with Gasteiger partial charge in [-0.15, -0.1) is 10.1 Å². The predicted octanol–water partition coefficient (Wildman–Crippen LogP) is 4.06. The van der Waals surface area contributed by atoms with E-state index in [4.69, 9.17) is 4.74 Å². The summed E-state index contributed by atoms with van der Waals surface area (Å²) in [6, 6.07) is 3.05. The van der Waals surface area contributed by atoms with E-state index in [0.29, 0.717) is 10.0 Å². The second kappa shape index (κ2) is 12.0. The molecular weight excluding hydrogens is 543 g/mol. The molecule has 0 N–H and O–H groups in total. The molecule has 1 aromatic carbocycles. The third kappa shape index (κ3) is 8.31. The van der Waals surface area contributed by atoms with Crippen molar-refractivity contribution in [3.05, 3.63) is 43.4 Å². The van der Waals surface area contributed by atoms with E-state index in [-0.39, 0.29) is 36.0 Å². The maximum absolute atomic E-state index is 13.5. The highest BCUT2D eigenvalue weighted by Gasteiger charge is 2.49. The van der Waals surface area contributed by atoms with Crippen molar-refractivity contribution in [1.82, 2.24) is 0 Å². The Morgan fingerprint density at radius 3 is 2.58 bits per heavy atom. The first-order chi connectivity index (χ1) is 15.5. The average Bonchev–Trinajstić information content (AvgIpc) is 2.71. The van der Waals surface area contributed by atoms with Gasteiger partial charge in [0.1, 0.15) is 19.0 Å². The average molecular weight is 560 g/mol. The molecule has 1 heterocycles. The van der Waals surface area contributed by atoms with Crippen molar-refractivity contribution in [2.75, 3.05) is 31.5 Å². The number of benzene rings is 1. The Morgan fingerprint density at radius 1 is 1.21 bits per heavy atom. The zero-order chi connectivity index (χ0) is 24.6. The lowest BCUT2D eigenvalue weighted by molar-refractivity contribution is -0.756. The number of nitrogens with zero attached hydrogens (tertiary/aromatic N) is 1. The molecule has 0 fully saturated rings. The zero-order valence-electron chi connectivity index (χ0n) is 16.9. The van der Waals surface area contributed by atoms with Gasteiger partial charge in [0.2, 0.25) is 12.9 Å². The van der Waals surface area contributed by atoms with E-state index >= 15 is 0 Å². The molecule has 10 nitrogen and oxygen atoms in total. The summed E-state index contributed by atoms with van der Waals surface area (Å²) in [6.45, 7) is 0.341. The smallest absolute Gasteiger partial charge is 0.475 e. The molecule has 0 bridgehead atoms. The highest BCUT2D eigenvalue weighted by atomic mass is 79.9. The van der Waals surface area contributed by atoms with Gasteiger partial charge in [-0.05, 0) is 30.7 Å². The van der Waals surface area contributed by atoms with Crippen LogP contribution in [0, 0.1) is 17.0 Å². The summed E-state index contributed by atoms with van der Waals surface area (Å²) < 4.78 is 59.8.